The first-order valence-corrected chi connectivity index (χ1v) is 7.34. The molecule has 0 spiro atoms. The first-order chi connectivity index (χ1) is 10.0. The second kappa shape index (κ2) is 6.45. The topological polar surface area (TPSA) is 67.6 Å². The Kier molecular flexibility index (Phi) is 4.85. The van der Waals surface area contributed by atoms with Crippen molar-refractivity contribution in [3.05, 3.63) is 23.8 Å². The second-order valence-corrected chi connectivity index (χ2v) is 6.06. The van der Waals surface area contributed by atoms with E-state index in [0.29, 0.717) is 12.3 Å². The van der Waals surface area contributed by atoms with Crippen LogP contribution in [-0.2, 0) is 11.3 Å². The number of nitrogens with one attached hydrogen (secondary N) is 1. The summed E-state index contributed by atoms with van der Waals surface area (Å²) in [6.07, 6.45) is 2.81. The van der Waals surface area contributed by atoms with Crippen LogP contribution in [0.5, 0.6) is 5.75 Å². The van der Waals surface area contributed by atoms with Gasteiger partial charge in [-0.3, -0.25) is 4.79 Å². The molecule has 0 saturated heterocycles. The normalized spacial score (nSPS) is 16.4. The number of ether oxygens (including phenoxy) is 1. The van der Waals surface area contributed by atoms with Crippen molar-refractivity contribution < 1.29 is 9.53 Å². The summed E-state index contributed by atoms with van der Waals surface area (Å²) in [6, 6.07) is 5.88. The van der Waals surface area contributed by atoms with Gasteiger partial charge in [0.25, 0.3) is 0 Å². The maximum atomic E-state index is 12.5. The summed E-state index contributed by atoms with van der Waals surface area (Å²) in [5.74, 6) is 0.689. The number of benzene rings is 1. The molecule has 1 aromatic rings. The van der Waals surface area contributed by atoms with E-state index in [0.717, 1.165) is 37.1 Å². The molecule has 2 rings (SSSR count). The molecule has 0 atom stereocenters. The molecule has 21 heavy (non-hydrogen) atoms. The molecule has 5 nitrogen and oxygen atoms in total. The summed E-state index contributed by atoms with van der Waals surface area (Å²) < 4.78 is 5.34. The minimum absolute atomic E-state index is 0.0107. The highest BCUT2D eigenvalue weighted by atomic mass is 16.5. The van der Waals surface area contributed by atoms with Crippen LogP contribution >= 0.6 is 0 Å². The molecule has 0 heterocycles. The van der Waals surface area contributed by atoms with Crippen LogP contribution in [0.2, 0.25) is 0 Å². The van der Waals surface area contributed by atoms with Crippen LogP contribution in [-0.4, -0.2) is 38.6 Å². The molecule has 1 aliphatic rings. The molecule has 1 aliphatic carbocycles. The molecular formula is C16H25N3O2. The third kappa shape index (κ3) is 3.36. The lowest BCUT2D eigenvalue weighted by Crippen LogP contribution is -2.47. The van der Waals surface area contributed by atoms with E-state index >= 15 is 0 Å². The fourth-order valence-electron chi connectivity index (χ4n) is 2.70. The first kappa shape index (κ1) is 15.8. The minimum atomic E-state index is -0.386. The van der Waals surface area contributed by atoms with Crippen molar-refractivity contribution in [2.45, 2.75) is 25.8 Å². The number of methoxy groups -OCH3 is 1. The lowest BCUT2D eigenvalue weighted by atomic mass is 9.68. The maximum absolute atomic E-state index is 12.5. The van der Waals surface area contributed by atoms with Crippen LogP contribution in [0.15, 0.2) is 18.2 Å². The number of hydrogen-bond acceptors (Lipinski definition) is 4. The zero-order chi connectivity index (χ0) is 15.5. The van der Waals surface area contributed by atoms with Crippen molar-refractivity contribution in [3.8, 4) is 5.75 Å². The Morgan fingerprint density at radius 1 is 1.43 bits per heavy atom. The Bertz CT molecular complexity index is 505. The van der Waals surface area contributed by atoms with Crippen LogP contribution in [0.3, 0.4) is 0 Å². The van der Waals surface area contributed by atoms with Crippen molar-refractivity contribution in [3.63, 3.8) is 0 Å². The minimum Gasteiger partial charge on any atom is -0.495 e. The Labute approximate surface area is 126 Å². The Morgan fingerprint density at radius 2 is 2.14 bits per heavy atom. The van der Waals surface area contributed by atoms with Crippen molar-refractivity contribution in [1.82, 2.24) is 4.90 Å². The fraction of sp³-hybridized carbons (Fsp3) is 0.562. The second-order valence-electron chi connectivity index (χ2n) is 6.06. The molecule has 0 radical (unpaired) electrons. The molecule has 0 bridgehead atoms. The maximum Gasteiger partial charge on any atom is 0.231 e. The smallest absolute Gasteiger partial charge is 0.231 e. The van der Waals surface area contributed by atoms with Crippen LogP contribution in [0.1, 0.15) is 24.8 Å². The third-order valence-electron chi connectivity index (χ3n) is 4.19. The van der Waals surface area contributed by atoms with Gasteiger partial charge in [-0.1, -0.05) is 12.5 Å². The largest absolute Gasteiger partial charge is 0.495 e. The van der Waals surface area contributed by atoms with Gasteiger partial charge < -0.3 is 20.7 Å². The number of rotatable bonds is 6. The number of nitrogens with two attached hydrogens (primary N) is 1. The van der Waals surface area contributed by atoms with E-state index in [9.17, 15) is 4.79 Å². The van der Waals surface area contributed by atoms with Gasteiger partial charge in [0.15, 0.2) is 0 Å². The number of anilines is 1. The van der Waals surface area contributed by atoms with E-state index in [1.165, 1.54) is 0 Å². The van der Waals surface area contributed by atoms with E-state index < -0.39 is 0 Å². The predicted molar refractivity (Wildman–Crippen MR) is 84.4 cm³/mol. The van der Waals surface area contributed by atoms with Crippen molar-refractivity contribution >= 4 is 11.6 Å². The summed E-state index contributed by atoms with van der Waals surface area (Å²) in [6.45, 7) is 1.22. The van der Waals surface area contributed by atoms with E-state index in [-0.39, 0.29) is 11.3 Å². The van der Waals surface area contributed by atoms with Crippen molar-refractivity contribution in [2.75, 3.05) is 33.1 Å². The van der Waals surface area contributed by atoms with E-state index in [1.54, 1.807) is 7.11 Å². The molecule has 1 amide bonds. The molecule has 3 N–H and O–H groups in total. The van der Waals surface area contributed by atoms with Crippen molar-refractivity contribution in [2.24, 2.45) is 11.1 Å². The Morgan fingerprint density at radius 3 is 2.62 bits per heavy atom. The average molecular weight is 291 g/mol. The molecule has 1 saturated carbocycles. The van der Waals surface area contributed by atoms with Crippen LogP contribution in [0.25, 0.3) is 0 Å². The number of amides is 1. The molecule has 0 unspecified atom stereocenters. The van der Waals surface area contributed by atoms with Gasteiger partial charge in [0.1, 0.15) is 5.75 Å². The predicted octanol–water partition coefficient (Wildman–Crippen LogP) is 1.82. The van der Waals surface area contributed by atoms with Crippen LogP contribution < -0.4 is 15.8 Å². The number of nitrogens with zero attached hydrogens (tertiary/aromatic N) is 1. The van der Waals surface area contributed by atoms with E-state index in [2.05, 4.69) is 10.2 Å². The SMILES string of the molecule is COc1ccc(CN(C)C)cc1NC(=O)C1(CN)CCC1. The summed E-state index contributed by atoms with van der Waals surface area (Å²) in [5.41, 5.74) is 7.26. The van der Waals surface area contributed by atoms with Gasteiger partial charge in [0.2, 0.25) is 5.91 Å². The monoisotopic (exact) mass is 291 g/mol. The van der Waals surface area contributed by atoms with Gasteiger partial charge >= 0.3 is 0 Å². The molecule has 5 heteroatoms. The highest BCUT2D eigenvalue weighted by molar-refractivity contribution is 5.97. The highest BCUT2D eigenvalue weighted by Gasteiger charge is 2.43. The average Bonchev–Trinajstić information content (AvgIpc) is 2.37. The third-order valence-corrected chi connectivity index (χ3v) is 4.19. The van der Waals surface area contributed by atoms with Crippen LogP contribution in [0, 0.1) is 5.41 Å². The molecule has 0 aromatic heterocycles. The van der Waals surface area contributed by atoms with Gasteiger partial charge in [0, 0.05) is 13.1 Å². The van der Waals surface area contributed by atoms with E-state index in [1.807, 2.05) is 32.3 Å². The van der Waals surface area contributed by atoms with Gasteiger partial charge in [-0.05, 0) is 44.6 Å². The van der Waals surface area contributed by atoms with Crippen molar-refractivity contribution in [1.29, 1.82) is 0 Å². The lowest BCUT2D eigenvalue weighted by molar-refractivity contribution is -0.129. The van der Waals surface area contributed by atoms with E-state index in [4.69, 9.17) is 10.5 Å². The van der Waals surface area contributed by atoms with Gasteiger partial charge in [-0.15, -0.1) is 0 Å². The Balaban J connectivity index is 2.19. The van der Waals surface area contributed by atoms with Crippen LogP contribution in [0.4, 0.5) is 5.69 Å². The first-order valence-electron chi connectivity index (χ1n) is 7.34. The summed E-state index contributed by atoms with van der Waals surface area (Å²) in [7, 11) is 5.64. The molecule has 1 fully saturated rings. The summed E-state index contributed by atoms with van der Waals surface area (Å²) in [5, 5.41) is 3.01. The Hall–Kier alpha value is -1.59. The number of hydrogen-bond donors (Lipinski definition) is 2. The molecule has 1 aromatic carbocycles. The molecule has 0 aliphatic heterocycles. The van der Waals surface area contributed by atoms with Gasteiger partial charge in [-0.2, -0.15) is 0 Å². The number of carbonyl (C=O) groups is 1. The number of carbonyl (C=O) groups excluding carboxylic acids is 1. The van der Waals surface area contributed by atoms with Gasteiger partial charge in [0.05, 0.1) is 18.2 Å². The lowest BCUT2D eigenvalue weighted by Gasteiger charge is -2.39. The highest BCUT2D eigenvalue weighted by Crippen LogP contribution is 2.41. The zero-order valence-corrected chi connectivity index (χ0v) is 13.1. The standard InChI is InChI=1S/C16H25N3O2/c1-19(2)10-12-5-6-14(21-3)13(9-12)18-15(20)16(11-17)7-4-8-16/h5-6,9H,4,7-8,10-11,17H2,1-3H3,(H,18,20). The summed E-state index contributed by atoms with van der Waals surface area (Å²) >= 11 is 0. The van der Waals surface area contributed by atoms with Gasteiger partial charge in [-0.25, -0.2) is 0 Å². The molecule has 116 valence electrons. The zero-order valence-electron chi connectivity index (χ0n) is 13.1. The fourth-order valence-corrected chi connectivity index (χ4v) is 2.70. The molecular weight excluding hydrogens is 266 g/mol. The summed E-state index contributed by atoms with van der Waals surface area (Å²) in [4.78, 5) is 14.6. The quantitative estimate of drug-likeness (QED) is 0.839.